The highest BCUT2D eigenvalue weighted by Crippen LogP contribution is 2.24. The van der Waals surface area contributed by atoms with E-state index >= 15 is 0 Å². The Hall–Kier alpha value is -1.18. The smallest absolute Gasteiger partial charge is 0.202 e. The highest BCUT2D eigenvalue weighted by molar-refractivity contribution is 6.38. The molecule has 0 saturated heterocycles. The Morgan fingerprint density at radius 2 is 1.00 bits per heavy atom. The molecule has 0 aromatic rings. The van der Waals surface area contributed by atoms with Gasteiger partial charge in [-0.3, -0.25) is 9.59 Å². The van der Waals surface area contributed by atoms with Crippen LogP contribution in [0.1, 0.15) is 25.7 Å². The molecular formula is C12H14O2. The van der Waals surface area contributed by atoms with Gasteiger partial charge in [-0.25, -0.2) is 0 Å². The largest absolute Gasteiger partial charge is 0.291 e. The lowest BCUT2D eigenvalue weighted by atomic mass is 9.90. The molecule has 0 aliphatic heterocycles. The van der Waals surface area contributed by atoms with Crippen molar-refractivity contribution in [1.29, 1.82) is 0 Å². The van der Waals surface area contributed by atoms with Gasteiger partial charge < -0.3 is 0 Å². The van der Waals surface area contributed by atoms with Crippen LogP contribution in [0.15, 0.2) is 24.3 Å². The van der Waals surface area contributed by atoms with Crippen molar-refractivity contribution in [1.82, 2.24) is 0 Å². The van der Waals surface area contributed by atoms with Crippen molar-refractivity contribution < 1.29 is 9.59 Å². The van der Waals surface area contributed by atoms with Crippen LogP contribution in [0.3, 0.4) is 0 Å². The van der Waals surface area contributed by atoms with Gasteiger partial charge in [0.2, 0.25) is 11.6 Å². The lowest BCUT2D eigenvalue weighted by Gasteiger charge is -2.10. The quantitative estimate of drug-likeness (QED) is 0.504. The molecule has 0 saturated carbocycles. The van der Waals surface area contributed by atoms with E-state index in [2.05, 4.69) is 0 Å². The van der Waals surface area contributed by atoms with Crippen LogP contribution in [0.4, 0.5) is 0 Å². The molecule has 0 atom stereocenters. The van der Waals surface area contributed by atoms with Crippen LogP contribution in [0, 0.1) is 11.8 Å². The van der Waals surface area contributed by atoms with Crippen LogP contribution in [0.5, 0.6) is 0 Å². The summed E-state index contributed by atoms with van der Waals surface area (Å²) in [5, 5.41) is 0. The first-order valence-electron chi connectivity index (χ1n) is 5.17. The first-order chi connectivity index (χ1) is 6.79. The summed E-state index contributed by atoms with van der Waals surface area (Å²) in [7, 11) is 0. The van der Waals surface area contributed by atoms with Gasteiger partial charge in [-0.15, -0.1) is 0 Å². The summed E-state index contributed by atoms with van der Waals surface area (Å²) in [6, 6.07) is 0. The third kappa shape index (κ3) is 1.69. The van der Waals surface area contributed by atoms with Gasteiger partial charge in [0.15, 0.2) is 0 Å². The Bertz CT molecular complexity index is 264. The SMILES string of the molecule is O=C(C(=O)C1CC=CC1)C1CC=CC1. The zero-order chi connectivity index (χ0) is 9.97. The predicted octanol–water partition coefficient (Wildman–Crippen LogP) is 2.06. The highest BCUT2D eigenvalue weighted by atomic mass is 16.2. The number of carbonyl (C=O) groups excluding carboxylic acids is 2. The topological polar surface area (TPSA) is 34.1 Å². The number of ketones is 2. The van der Waals surface area contributed by atoms with Crippen LogP contribution < -0.4 is 0 Å². The first kappa shape index (κ1) is 9.38. The van der Waals surface area contributed by atoms with Gasteiger partial charge in [0.1, 0.15) is 0 Å². The molecule has 2 nitrogen and oxygen atoms in total. The molecule has 0 fully saturated rings. The van der Waals surface area contributed by atoms with Gasteiger partial charge in [0.25, 0.3) is 0 Å². The molecule has 2 rings (SSSR count). The van der Waals surface area contributed by atoms with Crippen molar-refractivity contribution in [2.24, 2.45) is 11.8 Å². The Morgan fingerprint density at radius 3 is 1.29 bits per heavy atom. The van der Waals surface area contributed by atoms with E-state index in [0.717, 1.165) is 25.7 Å². The lowest BCUT2D eigenvalue weighted by molar-refractivity contribution is -0.140. The number of hydrogen-bond donors (Lipinski definition) is 0. The summed E-state index contributed by atoms with van der Waals surface area (Å²) in [6.45, 7) is 0. The van der Waals surface area contributed by atoms with Crippen molar-refractivity contribution >= 4 is 11.6 Å². The maximum Gasteiger partial charge on any atom is 0.202 e. The summed E-state index contributed by atoms with van der Waals surface area (Å²) in [5.74, 6) is -0.404. The molecule has 0 aromatic carbocycles. The number of Topliss-reactive ketones (excluding diaryl/α,β-unsaturated/α-hetero) is 2. The second-order valence-corrected chi connectivity index (χ2v) is 4.01. The molecule has 0 spiro atoms. The van der Waals surface area contributed by atoms with Crippen molar-refractivity contribution in [3.05, 3.63) is 24.3 Å². The molecule has 0 amide bonds. The summed E-state index contributed by atoms with van der Waals surface area (Å²) >= 11 is 0. The van der Waals surface area contributed by atoms with E-state index < -0.39 is 0 Å². The molecule has 0 unspecified atom stereocenters. The van der Waals surface area contributed by atoms with E-state index in [1.165, 1.54) is 0 Å². The fourth-order valence-electron chi connectivity index (χ4n) is 2.06. The standard InChI is InChI=1S/C12H14O2/c13-11(9-5-1-2-6-9)12(14)10-7-3-4-8-10/h1-4,9-10H,5-8H2. The lowest BCUT2D eigenvalue weighted by Crippen LogP contribution is -2.27. The molecule has 74 valence electrons. The average Bonchev–Trinajstić information content (AvgIpc) is 2.87. The van der Waals surface area contributed by atoms with E-state index in [9.17, 15) is 9.59 Å². The van der Waals surface area contributed by atoms with Crippen molar-refractivity contribution in [2.45, 2.75) is 25.7 Å². The normalized spacial score (nSPS) is 22.0. The third-order valence-electron chi connectivity index (χ3n) is 3.00. The summed E-state index contributed by atoms with van der Waals surface area (Å²) in [4.78, 5) is 23.4. The van der Waals surface area contributed by atoms with Gasteiger partial charge >= 0.3 is 0 Å². The minimum Gasteiger partial charge on any atom is -0.291 e. The van der Waals surface area contributed by atoms with E-state index in [1.807, 2.05) is 24.3 Å². The molecule has 2 aliphatic carbocycles. The number of allylic oxidation sites excluding steroid dienone is 4. The number of hydrogen-bond acceptors (Lipinski definition) is 2. The van der Waals surface area contributed by atoms with Gasteiger partial charge in [-0.2, -0.15) is 0 Å². The number of rotatable bonds is 3. The molecule has 0 bridgehead atoms. The molecule has 2 heteroatoms. The second kappa shape index (κ2) is 3.91. The van der Waals surface area contributed by atoms with Gasteiger partial charge in [0, 0.05) is 11.8 Å². The Kier molecular flexibility index (Phi) is 2.62. The monoisotopic (exact) mass is 190 g/mol. The average molecular weight is 190 g/mol. The molecule has 14 heavy (non-hydrogen) atoms. The molecular weight excluding hydrogens is 176 g/mol. The number of carbonyl (C=O) groups is 2. The van der Waals surface area contributed by atoms with Crippen LogP contribution in [-0.2, 0) is 9.59 Å². The fourth-order valence-corrected chi connectivity index (χ4v) is 2.06. The zero-order valence-electron chi connectivity index (χ0n) is 8.11. The van der Waals surface area contributed by atoms with E-state index in [1.54, 1.807) is 0 Å². The Labute approximate surface area is 83.7 Å². The first-order valence-corrected chi connectivity index (χ1v) is 5.17. The van der Waals surface area contributed by atoms with Gasteiger partial charge in [-0.05, 0) is 25.7 Å². The summed E-state index contributed by atoms with van der Waals surface area (Å²) in [5.41, 5.74) is 0. The molecule has 2 aliphatic rings. The van der Waals surface area contributed by atoms with Crippen molar-refractivity contribution in [3.63, 3.8) is 0 Å². The zero-order valence-corrected chi connectivity index (χ0v) is 8.11. The van der Waals surface area contributed by atoms with E-state index in [0.29, 0.717) is 0 Å². The maximum atomic E-state index is 11.7. The van der Waals surface area contributed by atoms with E-state index in [-0.39, 0.29) is 23.4 Å². The Morgan fingerprint density at radius 1 is 0.714 bits per heavy atom. The minimum absolute atomic E-state index is 0.0527. The molecule has 0 radical (unpaired) electrons. The second-order valence-electron chi connectivity index (χ2n) is 4.01. The third-order valence-corrected chi connectivity index (χ3v) is 3.00. The van der Waals surface area contributed by atoms with Crippen molar-refractivity contribution in [2.75, 3.05) is 0 Å². The van der Waals surface area contributed by atoms with Gasteiger partial charge in [-0.1, -0.05) is 24.3 Å². The fraction of sp³-hybridized carbons (Fsp3) is 0.500. The molecule has 0 aromatic heterocycles. The van der Waals surface area contributed by atoms with Crippen LogP contribution in [-0.4, -0.2) is 11.6 Å². The molecule has 0 N–H and O–H groups in total. The van der Waals surface area contributed by atoms with Crippen molar-refractivity contribution in [3.8, 4) is 0 Å². The minimum atomic E-state index is -0.149. The predicted molar refractivity (Wildman–Crippen MR) is 53.7 cm³/mol. The van der Waals surface area contributed by atoms with Crippen LogP contribution in [0.2, 0.25) is 0 Å². The van der Waals surface area contributed by atoms with Crippen LogP contribution in [0.25, 0.3) is 0 Å². The van der Waals surface area contributed by atoms with E-state index in [4.69, 9.17) is 0 Å². The Balaban J connectivity index is 1.94. The molecule has 0 heterocycles. The maximum absolute atomic E-state index is 11.7. The highest BCUT2D eigenvalue weighted by Gasteiger charge is 2.31. The summed E-state index contributed by atoms with van der Waals surface area (Å²) in [6.07, 6.45) is 11.0. The van der Waals surface area contributed by atoms with Gasteiger partial charge in [0.05, 0.1) is 0 Å². The summed E-state index contributed by atoms with van der Waals surface area (Å²) < 4.78 is 0. The van der Waals surface area contributed by atoms with Crippen LogP contribution >= 0.6 is 0 Å².